The van der Waals surface area contributed by atoms with Gasteiger partial charge in [0.1, 0.15) is 6.61 Å². The third kappa shape index (κ3) is 3.95. The van der Waals surface area contributed by atoms with Crippen molar-refractivity contribution in [2.24, 2.45) is 0 Å². The average Bonchev–Trinajstić information content (AvgIpc) is 2.26. The average molecular weight is 241 g/mol. The van der Waals surface area contributed by atoms with E-state index in [2.05, 4.69) is 9.47 Å². The van der Waals surface area contributed by atoms with Gasteiger partial charge < -0.3 is 9.47 Å². The molecule has 0 aliphatic carbocycles. The van der Waals surface area contributed by atoms with Crippen molar-refractivity contribution < 1.29 is 14.3 Å². The van der Waals surface area contributed by atoms with Crippen LogP contribution < -0.4 is 0 Å². The van der Waals surface area contributed by atoms with Crippen LogP contribution in [0.15, 0.2) is 24.3 Å². The Morgan fingerprint density at radius 2 is 2.25 bits per heavy atom. The van der Waals surface area contributed by atoms with Crippen molar-refractivity contribution in [1.82, 2.24) is 0 Å². The molecule has 0 saturated heterocycles. The Labute approximate surface area is 99.6 Å². The fourth-order valence-electron chi connectivity index (χ4n) is 1.12. The predicted octanol–water partition coefficient (Wildman–Crippen LogP) is 3.44. The number of aryl methyl sites for hydroxylation is 1. The van der Waals surface area contributed by atoms with Gasteiger partial charge in [0.25, 0.3) is 0 Å². The lowest BCUT2D eigenvalue weighted by molar-refractivity contribution is 0.0819. The zero-order chi connectivity index (χ0) is 12.0. The fraction of sp³-hybridized carbons (Fsp3) is 0.250. The lowest BCUT2D eigenvalue weighted by Crippen LogP contribution is -2.03. The zero-order valence-corrected chi connectivity index (χ0v) is 9.95. The molecule has 0 aliphatic heterocycles. The molecule has 0 N–H and O–H groups in total. The number of carbonyl (C=O) groups excluding carboxylic acids is 1. The van der Waals surface area contributed by atoms with E-state index in [1.807, 2.05) is 25.1 Å². The summed E-state index contributed by atoms with van der Waals surface area (Å²) < 4.78 is 9.01. The van der Waals surface area contributed by atoms with Crippen molar-refractivity contribution in [3.05, 3.63) is 40.4 Å². The lowest BCUT2D eigenvalue weighted by atomic mass is 10.1. The number of halogens is 1. The van der Waals surface area contributed by atoms with Gasteiger partial charge in [-0.1, -0.05) is 29.8 Å². The van der Waals surface area contributed by atoms with Crippen molar-refractivity contribution >= 4 is 23.8 Å². The minimum absolute atomic E-state index is 0.164. The van der Waals surface area contributed by atoms with E-state index in [1.54, 1.807) is 12.2 Å². The number of hydrogen-bond donors (Lipinski definition) is 0. The van der Waals surface area contributed by atoms with Crippen LogP contribution >= 0.6 is 11.6 Å². The molecule has 86 valence electrons. The quantitative estimate of drug-likeness (QED) is 0.760. The van der Waals surface area contributed by atoms with Gasteiger partial charge in [-0.05, 0) is 30.2 Å². The molecule has 1 rings (SSSR count). The van der Waals surface area contributed by atoms with E-state index >= 15 is 0 Å². The highest BCUT2D eigenvalue weighted by molar-refractivity contribution is 6.32. The van der Waals surface area contributed by atoms with Crippen LogP contribution in [0.5, 0.6) is 0 Å². The second-order valence-electron chi connectivity index (χ2n) is 3.19. The van der Waals surface area contributed by atoms with Crippen LogP contribution in [0.3, 0.4) is 0 Å². The molecule has 0 spiro atoms. The minimum Gasteiger partial charge on any atom is -0.438 e. The molecule has 3 nitrogen and oxygen atoms in total. The fourth-order valence-corrected chi connectivity index (χ4v) is 1.42. The summed E-state index contributed by atoms with van der Waals surface area (Å²) in [5, 5.41) is 0.675. The molecule has 0 heterocycles. The normalized spacial score (nSPS) is 10.4. The van der Waals surface area contributed by atoms with Crippen molar-refractivity contribution in [2.45, 2.75) is 6.92 Å². The third-order valence-electron chi connectivity index (χ3n) is 1.92. The molecule has 16 heavy (non-hydrogen) atoms. The van der Waals surface area contributed by atoms with E-state index in [4.69, 9.17) is 11.6 Å². The van der Waals surface area contributed by atoms with Gasteiger partial charge >= 0.3 is 6.16 Å². The summed E-state index contributed by atoms with van der Waals surface area (Å²) in [6.07, 6.45) is 2.80. The first kappa shape index (κ1) is 12.6. The molecule has 4 heteroatoms. The molecule has 0 aliphatic rings. The number of carbonyl (C=O) groups is 1. The highest BCUT2D eigenvalue weighted by atomic mass is 35.5. The van der Waals surface area contributed by atoms with E-state index in [0.29, 0.717) is 5.02 Å². The van der Waals surface area contributed by atoms with Crippen LogP contribution in [0.25, 0.3) is 6.08 Å². The van der Waals surface area contributed by atoms with Gasteiger partial charge in [-0.2, -0.15) is 0 Å². The molecule has 0 unspecified atom stereocenters. The standard InChI is InChI=1S/C12H13ClO3/c1-9-5-6-10(11(13)8-9)4-3-7-16-12(14)15-2/h3-6,8H,7H2,1-2H3/b4-3+. The Morgan fingerprint density at radius 3 is 2.88 bits per heavy atom. The van der Waals surface area contributed by atoms with Gasteiger partial charge in [-0.3, -0.25) is 0 Å². The van der Waals surface area contributed by atoms with Gasteiger partial charge in [0.05, 0.1) is 7.11 Å². The summed E-state index contributed by atoms with van der Waals surface area (Å²) in [4.78, 5) is 10.6. The van der Waals surface area contributed by atoms with Gasteiger partial charge in [0, 0.05) is 5.02 Å². The molecular weight excluding hydrogens is 228 g/mol. The van der Waals surface area contributed by atoms with Crippen LogP contribution in [0.2, 0.25) is 5.02 Å². The summed E-state index contributed by atoms with van der Waals surface area (Å²) in [6.45, 7) is 2.14. The molecule has 0 radical (unpaired) electrons. The first-order chi connectivity index (χ1) is 7.63. The lowest BCUT2D eigenvalue weighted by Gasteiger charge is -2.00. The van der Waals surface area contributed by atoms with Crippen molar-refractivity contribution in [3.8, 4) is 0 Å². The van der Waals surface area contributed by atoms with Crippen LogP contribution in [0.1, 0.15) is 11.1 Å². The Kier molecular flexibility index (Phi) is 4.86. The van der Waals surface area contributed by atoms with E-state index < -0.39 is 6.16 Å². The summed E-state index contributed by atoms with van der Waals surface area (Å²) >= 11 is 6.01. The summed E-state index contributed by atoms with van der Waals surface area (Å²) in [7, 11) is 1.27. The first-order valence-electron chi connectivity index (χ1n) is 4.77. The van der Waals surface area contributed by atoms with E-state index in [1.165, 1.54) is 7.11 Å². The monoisotopic (exact) mass is 240 g/mol. The smallest absolute Gasteiger partial charge is 0.438 e. The van der Waals surface area contributed by atoms with Crippen LogP contribution in [-0.2, 0) is 9.47 Å². The number of rotatable bonds is 3. The maximum absolute atomic E-state index is 10.6. The minimum atomic E-state index is -0.695. The second kappa shape index (κ2) is 6.18. The van der Waals surface area contributed by atoms with E-state index in [-0.39, 0.29) is 6.61 Å². The van der Waals surface area contributed by atoms with Gasteiger partial charge in [0.2, 0.25) is 0 Å². The number of benzene rings is 1. The third-order valence-corrected chi connectivity index (χ3v) is 2.24. The highest BCUT2D eigenvalue weighted by Crippen LogP contribution is 2.18. The van der Waals surface area contributed by atoms with Crippen molar-refractivity contribution in [2.75, 3.05) is 13.7 Å². The molecular formula is C12H13ClO3. The van der Waals surface area contributed by atoms with Gasteiger partial charge in [-0.25, -0.2) is 4.79 Å². The highest BCUT2D eigenvalue weighted by Gasteiger charge is 1.98. The van der Waals surface area contributed by atoms with E-state index in [0.717, 1.165) is 11.1 Å². The number of ether oxygens (including phenoxy) is 2. The molecule has 0 fully saturated rings. The maximum Gasteiger partial charge on any atom is 0.508 e. The molecule has 0 bridgehead atoms. The second-order valence-corrected chi connectivity index (χ2v) is 3.60. The van der Waals surface area contributed by atoms with Gasteiger partial charge in [0.15, 0.2) is 0 Å². The van der Waals surface area contributed by atoms with Crippen molar-refractivity contribution in [1.29, 1.82) is 0 Å². The summed E-state index contributed by atoms with van der Waals surface area (Å²) in [5.41, 5.74) is 1.99. The van der Waals surface area contributed by atoms with E-state index in [9.17, 15) is 4.79 Å². The largest absolute Gasteiger partial charge is 0.508 e. The van der Waals surface area contributed by atoms with Crippen LogP contribution in [0, 0.1) is 6.92 Å². The molecule has 0 aromatic heterocycles. The number of methoxy groups -OCH3 is 1. The molecule has 0 amide bonds. The molecule has 1 aromatic rings. The predicted molar refractivity (Wildman–Crippen MR) is 63.6 cm³/mol. The Morgan fingerprint density at radius 1 is 1.50 bits per heavy atom. The zero-order valence-electron chi connectivity index (χ0n) is 9.20. The molecule has 0 atom stereocenters. The molecule has 0 saturated carbocycles. The number of hydrogen-bond acceptors (Lipinski definition) is 3. The molecule has 1 aromatic carbocycles. The summed E-state index contributed by atoms with van der Waals surface area (Å²) in [6, 6.07) is 5.75. The SMILES string of the molecule is COC(=O)OC/C=C/c1ccc(C)cc1Cl. The van der Waals surface area contributed by atoms with Crippen molar-refractivity contribution in [3.63, 3.8) is 0 Å². The Hall–Kier alpha value is -1.48. The van der Waals surface area contributed by atoms with Crippen LogP contribution in [-0.4, -0.2) is 19.9 Å². The first-order valence-corrected chi connectivity index (χ1v) is 5.14. The summed E-state index contributed by atoms with van der Waals surface area (Å²) in [5.74, 6) is 0. The topological polar surface area (TPSA) is 35.5 Å². The Bertz CT molecular complexity index is 399. The van der Waals surface area contributed by atoms with Gasteiger partial charge in [-0.15, -0.1) is 0 Å². The van der Waals surface area contributed by atoms with Crippen LogP contribution in [0.4, 0.5) is 4.79 Å². The maximum atomic E-state index is 10.6. The Balaban J connectivity index is 2.53.